The van der Waals surface area contributed by atoms with Gasteiger partial charge in [0.1, 0.15) is 0 Å². The van der Waals surface area contributed by atoms with Crippen molar-refractivity contribution in [2.45, 2.75) is 0 Å². The molecule has 1 aliphatic heterocycles. The molecule has 0 bridgehead atoms. The molecule has 0 saturated carbocycles. The number of hydrogen-bond acceptors (Lipinski definition) is 4. The largest absolute Gasteiger partial charge is 0.454 e. The first-order valence-electron chi connectivity index (χ1n) is 7.64. The lowest BCUT2D eigenvalue weighted by Crippen LogP contribution is -1.93. The molecular formula is C19H14ClN2O3+. The molecule has 25 heavy (non-hydrogen) atoms. The summed E-state index contributed by atoms with van der Waals surface area (Å²) in [5.41, 5.74) is 3.01. The molecule has 0 amide bonds. The molecule has 124 valence electrons. The van der Waals surface area contributed by atoms with E-state index in [1.165, 1.54) is 6.08 Å². The Morgan fingerprint density at radius 2 is 1.88 bits per heavy atom. The molecule has 0 radical (unpaired) electrons. The summed E-state index contributed by atoms with van der Waals surface area (Å²) in [7, 11) is 0. The number of nitrogens with one attached hydrogen (secondary N) is 1. The van der Waals surface area contributed by atoms with E-state index in [-0.39, 0.29) is 12.6 Å². The van der Waals surface area contributed by atoms with Gasteiger partial charge in [-0.05, 0) is 48.6 Å². The van der Waals surface area contributed by atoms with Crippen LogP contribution in [0, 0.1) is 11.6 Å². The summed E-state index contributed by atoms with van der Waals surface area (Å²) in [6.45, 7) is 0.238. The molecule has 0 saturated heterocycles. The summed E-state index contributed by atoms with van der Waals surface area (Å²) >= 11 is 5.02. The van der Waals surface area contributed by atoms with Crippen molar-refractivity contribution in [3.63, 3.8) is 0 Å². The van der Waals surface area contributed by atoms with Crippen LogP contribution < -0.4 is 9.47 Å². The van der Waals surface area contributed by atoms with Gasteiger partial charge in [-0.25, -0.2) is 0 Å². The predicted octanol–water partition coefficient (Wildman–Crippen LogP) is 3.40. The number of aromatic nitrogens is 2. The number of halogens is 1. The van der Waals surface area contributed by atoms with Gasteiger partial charge in [-0.15, -0.1) is 0 Å². The van der Waals surface area contributed by atoms with Crippen LogP contribution >= 0.6 is 0 Å². The van der Waals surface area contributed by atoms with Crippen LogP contribution in [-0.4, -0.2) is 22.8 Å². The molecule has 2 aromatic carbocycles. The fourth-order valence-corrected chi connectivity index (χ4v) is 2.64. The topological polar surface area (TPSA) is 64.2 Å². The lowest BCUT2D eigenvalue weighted by Gasteiger charge is -1.98. The first-order chi connectivity index (χ1) is 12.2. The average molecular weight is 354 g/mol. The Morgan fingerprint density at radius 3 is 2.72 bits per heavy atom. The maximum absolute atomic E-state index is 12.1. The van der Waals surface area contributed by atoms with E-state index in [0.717, 1.165) is 22.7 Å². The van der Waals surface area contributed by atoms with Crippen LogP contribution in [0.4, 0.5) is 0 Å². The first-order valence-corrected chi connectivity index (χ1v) is 8.05. The molecule has 3 aromatic rings. The van der Waals surface area contributed by atoms with Crippen molar-refractivity contribution >= 4 is 11.9 Å². The molecule has 0 fully saturated rings. The number of carbonyl (C=O) groups excluding carboxylic acids is 1. The summed E-state index contributed by atoms with van der Waals surface area (Å²) in [6, 6.07) is 14.4. The van der Waals surface area contributed by atoms with Gasteiger partial charge >= 0.3 is 0 Å². The van der Waals surface area contributed by atoms with Crippen molar-refractivity contribution in [3.8, 4) is 22.8 Å². The number of aromatic amines is 1. The number of H-pyrrole nitrogens is 1. The van der Waals surface area contributed by atoms with Gasteiger partial charge in [0.05, 0.1) is 11.4 Å². The highest BCUT2D eigenvalue weighted by Crippen LogP contribution is 2.35. The van der Waals surface area contributed by atoms with E-state index in [2.05, 4.69) is 10.2 Å². The molecule has 4 rings (SSSR count). The van der Waals surface area contributed by atoms with Gasteiger partial charge in [-0.2, -0.15) is 5.10 Å². The lowest BCUT2D eigenvalue weighted by molar-refractivity contribution is -0.288. The second kappa shape index (κ2) is 6.45. The van der Waals surface area contributed by atoms with E-state index in [9.17, 15) is 4.79 Å². The highest BCUT2D eigenvalue weighted by atomic mass is 35.5. The molecule has 0 unspecified atom stereocenters. The Hall–Kier alpha value is -3.05. The molecule has 1 aliphatic rings. The molecular weight excluding hydrogens is 340 g/mol. The Kier molecular flexibility index (Phi) is 3.99. The number of ketones is 1. The molecule has 0 aliphatic carbocycles. The number of allylic oxidation sites excluding steroid dienone is 1. The fraction of sp³-hybridized carbons (Fsp3) is 0.0526. The van der Waals surface area contributed by atoms with Crippen LogP contribution in [0.3, 0.4) is 0 Å². The van der Waals surface area contributed by atoms with Crippen LogP contribution in [-0.2, 0) is 0 Å². The van der Waals surface area contributed by atoms with Gasteiger partial charge in [0.25, 0.3) is 0 Å². The molecule has 0 spiro atoms. The van der Waals surface area contributed by atoms with E-state index in [1.54, 1.807) is 30.3 Å². The molecule has 1 aromatic heterocycles. The van der Waals surface area contributed by atoms with Gasteiger partial charge in [0.2, 0.25) is 11.8 Å². The van der Waals surface area contributed by atoms with E-state index in [4.69, 9.17) is 21.1 Å². The number of ether oxygens (including phenoxy) is 2. The van der Waals surface area contributed by atoms with Gasteiger partial charge in [-0.1, -0.05) is 0 Å². The molecule has 0 atom stereocenters. The van der Waals surface area contributed by atoms with Crippen LogP contribution in [0.5, 0.6) is 11.5 Å². The van der Waals surface area contributed by atoms with E-state index in [0.29, 0.717) is 16.3 Å². The van der Waals surface area contributed by atoms with Crippen molar-refractivity contribution in [1.82, 2.24) is 10.2 Å². The summed E-state index contributed by atoms with van der Waals surface area (Å²) in [5, 5.41) is 7.90. The van der Waals surface area contributed by atoms with Crippen molar-refractivity contribution < 1.29 is 25.9 Å². The average Bonchev–Trinajstić information content (AvgIpc) is 3.28. The standard InChI is InChI=1S/C19H13ClN2O3/c20-14-4-1-12(2-5-14)17(23)7-6-15-10-16(22-21-15)13-3-8-18-19(9-13)25-11-24-18/h1-10,20H,11H2/p+1. The minimum atomic E-state index is -0.0887. The normalized spacial score (nSPS) is 12.7. The second-order valence-electron chi connectivity index (χ2n) is 5.50. The molecule has 2 heterocycles. The minimum absolute atomic E-state index is 0.0887. The zero-order valence-corrected chi connectivity index (χ0v) is 13.9. The lowest BCUT2D eigenvalue weighted by atomic mass is 10.1. The Bertz CT molecular complexity index is 961. The van der Waals surface area contributed by atoms with Crippen LogP contribution in [0.2, 0.25) is 5.02 Å². The van der Waals surface area contributed by atoms with E-state index < -0.39 is 0 Å². The molecule has 1 N–H and O–H groups in total. The van der Waals surface area contributed by atoms with Crippen molar-refractivity contribution in [2.24, 2.45) is 0 Å². The third-order valence-corrected chi connectivity index (χ3v) is 4.09. The molecule has 6 heteroatoms. The van der Waals surface area contributed by atoms with Gasteiger partial charge in [0, 0.05) is 23.3 Å². The fourth-order valence-electron chi connectivity index (χ4n) is 2.51. The third-order valence-electron chi connectivity index (χ3n) is 3.82. The SMILES string of the molecule is O=C(/C=C/c1cc(-c2ccc3c(c2)OCO3)n[nH]1)c1ccc([ClH+])cc1. The molecule has 5 nitrogen and oxygen atoms in total. The van der Waals surface area contributed by atoms with Crippen LogP contribution in [0.15, 0.2) is 54.6 Å². The van der Waals surface area contributed by atoms with Crippen molar-refractivity contribution in [2.75, 3.05) is 6.79 Å². The first kappa shape index (κ1) is 15.5. The maximum Gasteiger partial charge on any atom is 0.231 e. The number of carbonyl (C=O) groups is 1. The minimum Gasteiger partial charge on any atom is -0.454 e. The van der Waals surface area contributed by atoms with Gasteiger partial charge in [0.15, 0.2) is 28.9 Å². The predicted molar refractivity (Wildman–Crippen MR) is 90.5 cm³/mol. The summed E-state index contributed by atoms with van der Waals surface area (Å²) in [6.07, 6.45) is 3.21. The number of benzene rings is 2. The highest BCUT2D eigenvalue weighted by Gasteiger charge is 2.14. The van der Waals surface area contributed by atoms with Gasteiger partial charge in [-0.3, -0.25) is 9.89 Å². The van der Waals surface area contributed by atoms with E-state index >= 15 is 0 Å². The Labute approximate surface area is 148 Å². The summed E-state index contributed by atoms with van der Waals surface area (Å²) < 4.78 is 10.7. The zero-order chi connectivity index (χ0) is 17.2. The quantitative estimate of drug-likeness (QED) is 0.576. The number of hydrogen-bond donors (Lipinski definition) is 1. The van der Waals surface area contributed by atoms with Crippen LogP contribution in [0.25, 0.3) is 17.3 Å². The van der Waals surface area contributed by atoms with Gasteiger partial charge < -0.3 is 9.47 Å². The van der Waals surface area contributed by atoms with Crippen molar-refractivity contribution in [1.29, 1.82) is 0 Å². The zero-order valence-electron chi connectivity index (χ0n) is 13.1. The second-order valence-corrected chi connectivity index (χ2v) is 5.97. The number of nitrogens with zero attached hydrogens (tertiary/aromatic N) is 1. The smallest absolute Gasteiger partial charge is 0.231 e. The number of rotatable bonds is 4. The highest BCUT2D eigenvalue weighted by molar-refractivity contribution is 6.06. The summed E-state index contributed by atoms with van der Waals surface area (Å²) in [5.74, 6) is 1.35. The maximum atomic E-state index is 12.1. The van der Waals surface area contributed by atoms with Crippen molar-refractivity contribution in [3.05, 3.63) is 70.9 Å². The van der Waals surface area contributed by atoms with Crippen LogP contribution in [0.1, 0.15) is 16.1 Å². The van der Waals surface area contributed by atoms with E-state index in [1.807, 2.05) is 24.3 Å². The monoisotopic (exact) mass is 353 g/mol. The third kappa shape index (κ3) is 3.27. The Balaban J connectivity index is 1.51. The number of fused-ring (bicyclic) bond motifs is 1. The summed E-state index contributed by atoms with van der Waals surface area (Å²) in [4.78, 5) is 12.1. The Morgan fingerprint density at radius 1 is 1.08 bits per heavy atom.